The molecule has 0 saturated carbocycles. The molecule has 1 aliphatic carbocycles. The largest absolute Gasteiger partial charge is 0.455 e. The molecule has 2 nitrogen and oxygen atoms in total. The second-order valence-corrected chi connectivity index (χ2v) is 23.1. The lowest BCUT2D eigenvalue weighted by Crippen LogP contribution is -2.57. The van der Waals surface area contributed by atoms with Gasteiger partial charge in [0.15, 0.2) is 0 Å². The van der Waals surface area contributed by atoms with E-state index in [-0.39, 0.29) is 0 Å². The number of anilines is 3. The summed E-state index contributed by atoms with van der Waals surface area (Å²) in [5.41, 5.74) is 37.7. The molecule has 0 aliphatic heterocycles. The SMILES string of the molecule is Bc1c(B)c(B)c(-c2c(B)c(B)c(-c3c(B)c(B)c(N(c4ccc(-c5cccc6oc7c8ccccc8ccc7c56)cc4)c4ccc5c(c4)C(c4ccccc4)(c4ccccc4)c4ccccc4-5)c(B)c3B)c(B)c2B)c(B)c1B. The molecule has 0 amide bonds. The highest BCUT2D eigenvalue weighted by Gasteiger charge is 2.46. The number of benzene rings is 11. The Bertz CT molecular complexity index is 4450. The van der Waals surface area contributed by atoms with E-state index in [0.29, 0.717) is 0 Å². The van der Waals surface area contributed by atoms with Crippen LogP contribution in [0.25, 0.3) is 77.2 Å². The van der Waals surface area contributed by atoms with Gasteiger partial charge in [0.25, 0.3) is 0 Å². The highest BCUT2D eigenvalue weighted by atomic mass is 16.3. The van der Waals surface area contributed by atoms with Gasteiger partial charge in [-0.3, -0.25) is 0 Å². The van der Waals surface area contributed by atoms with Crippen molar-refractivity contribution < 1.29 is 4.42 Å². The predicted molar refractivity (Wildman–Crippen MR) is 386 cm³/mol. The molecular formula is C65H56B13NO. The van der Waals surface area contributed by atoms with E-state index in [0.717, 1.165) is 49.8 Å². The zero-order chi connectivity index (χ0) is 55.6. The molecule has 13 rings (SSSR count). The summed E-state index contributed by atoms with van der Waals surface area (Å²) in [4.78, 5) is 2.56. The summed E-state index contributed by atoms with van der Waals surface area (Å²) >= 11 is 0. The fourth-order valence-corrected chi connectivity index (χ4v) is 14.5. The van der Waals surface area contributed by atoms with Gasteiger partial charge in [-0.25, -0.2) is 0 Å². The van der Waals surface area contributed by atoms with E-state index in [1.165, 1.54) is 138 Å². The molecule has 12 aromatic rings. The Morgan fingerprint density at radius 2 is 0.787 bits per heavy atom. The molecule has 15 heteroatoms. The normalized spacial score (nSPS) is 12.5. The van der Waals surface area contributed by atoms with Crippen molar-refractivity contribution in [1.82, 2.24) is 0 Å². The number of hydrogen-bond donors (Lipinski definition) is 0. The predicted octanol–water partition coefficient (Wildman–Crippen LogP) is -5.07. The van der Waals surface area contributed by atoms with Crippen molar-refractivity contribution >= 4 is 223 Å². The lowest BCUT2D eigenvalue weighted by atomic mass is 9.55. The fourth-order valence-electron chi connectivity index (χ4n) is 14.5. The molecule has 0 saturated heterocycles. The summed E-state index contributed by atoms with van der Waals surface area (Å²) in [5.74, 6) is 0. The Balaban J connectivity index is 1.04. The van der Waals surface area contributed by atoms with Crippen LogP contribution in [-0.4, -0.2) is 102 Å². The second kappa shape index (κ2) is 19.4. The third-order valence-electron chi connectivity index (χ3n) is 19.5. The molecule has 0 atom stereocenters. The van der Waals surface area contributed by atoms with Crippen molar-refractivity contribution in [2.45, 2.75) is 5.41 Å². The molecule has 0 radical (unpaired) electrons. The molecule has 80 heavy (non-hydrogen) atoms. The molecule has 0 N–H and O–H groups in total. The van der Waals surface area contributed by atoms with Crippen LogP contribution in [0.3, 0.4) is 0 Å². The Kier molecular flexibility index (Phi) is 12.5. The lowest BCUT2D eigenvalue weighted by molar-refractivity contribution is 0.673. The topological polar surface area (TPSA) is 16.4 Å². The first-order chi connectivity index (χ1) is 38.6. The van der Waals surface area contributed by atoms with E-state index in [4.69, 9.17) is 4.42 Å². The highest BCUT2D eigenvalue weighted by Crippen LogP contribution is 2.57. The number of hydrogen-bond acceptors (Lipinski definition) is 2. The number of furan rings is 1. The first-order valence-corrected chi connectivity index (χ1v) is 28.5. The van der Waals surface area contributed by atoms with Crippen LogP contribution < -0.4 is 75.9 Å². The van der Waals surface area contributed by atoms with Crippen molar-refractivity contribution in [3.63, 3.8) is 0 Å². The quantitative estimate of drug-likeness (QED) is 0.142. The van der Waals surface area contributed by atoms with Gasteiger partial charge in [-0.2, -0.15) is 0 Å². The van der Waals surface area contributed by atoms with Crippen LogP contribution in [0.4, 0.5) is 17.1 Å². The van der Waals surface area contributed by atoms with Crippen molar-refractivity contribution in [2.75, 3.05) is 4.90 Å². The van der Waals surface area contributed by atoms with Gasteiger partial charge in [-0.05, 0) is 109 Å². The smallest absolute Gasteiger partial charge is 0.143 e. The van der Waals surface area contributed by atoms with Crippen LogP contribution in [0.1, 0.15) is 22.3 Å². The minimum Gasteiger partial charge on any atom is -0.455 e. The third kappa shape index (κ3) is 7.45. The fraction of sp³-hybridized carbons (Fsp3) is 0.0154. The van der Waals surface area contributed by atoms with Gasteiger partial charge in [0.2, 0.25) is 0 Å². The number of nitrogens with zero attached hydrogens (tertiary/aromatic N) is 1. The van der Waals surface area contributed by atoms with Gasteiger partial charge in [0, 0.05) is 33.2 Å². The van der Waals surface area contributed by atoms with E-state index in [2.05, 4.69) is 289 Å². The molecule has 1 heterocycles. The highest BCUT2D eigenvalue weighted by molar-refractivity contribution is 6.72. The van der Waals surface area contributed by atoms with Gasteiger partial charge >= 0.3 is 0 Å². The van der Waals surface area contributed by atoms with Gasteiger partial charge < -0.3 is 9.32 Å². The van der Waals surface area contributed by atoms with Crippen molar-refractivity contribution in [3.8, 4) is 44.5 Å². The van der Waals surface area contributed by atoms with Crippen LogP contribution in [0.5, 0.6) is 0 Å². The maximum atomic E-state index is 6.70. The van der Waals surface area contributed by atoms with E-state index in [1.54, 1.807) is 0 Å². The van der Waals surface area contributed by atoms with E-state index >= 15 is 0 Å². The lowest BCUT2D eigenvalue weighted by Gasteiger charge is -2.36. The molecule has 11 aromatic carbocycles. The Morgan fingerprint density at radius 3 is 1.38 bits per heavy atom. The van der Waals surface area contributed by atoms with Crippen molar-refractivity contribution in [1.29, 1.82) is 0 Å². The minimum atomic E-state index is -0.554. The summed E-state index contributed by atoms with van der Waals surface area (Å²) in [6.45, 7) is 0. The molecule has 0 spiro atoms. The molecular weight excluding hydrogens is 951 g/mol. The Morgan fingerprint density at radius 1 is 0.325 bits per heavy atom. The molecule has 1 aliphatic rings. The van der Waals surface area contributed by atoms with Gasteiger partial charge in [0.05, 0.1) is 5.41 Å². The zero-order valence-corrected chi connectivity index (χ0v) is 48.7. The van der Waals surface area contributed by atoms with Crippen LogP contribution in [0.2, 0.25) is 0 Å². The van der Waals surface area contributed by atoms with Crippen molar-refractivity contribution in [2.24, 2.45) is 0 Å². The molecule has 0 unspecified atom stereocenters. The first-order valence-electron chi connectivity index (χ1n) is 28.5. The van der Waals surface area contributed by atoms with Crippen molar-refractivity contribution in [3.05, 3.63) is 204 Å². The zero-order valence-electron chi connectivity index (χ0n) is 48.7. The average Bonchev–Trinajstić information content (AvgIpc) is 4.18. The number of rotatable bonds is 8. The summed E-state index contributed by atoms with van der Waals surface area (Å²) in [6.07, 6.45) is 0. The summed E-state index contributed by atoms with van der Waals surface area (Å²) in [7, 11) is 30.5. The van der Waals surface area contributed by atoms with E-state index < -0.39 is 5.41 Å². The maximum absolute atomic E-state index is 6.70. The van der Waals surface area contributed by atoms with E-state index in [9.17, 15) is 0 Å². The van der Waals surface area contributed by atoms with Gasteiger partial charge in [-0.1, -0.05) is 200 Å². The van der Waals surface area contributed by atoms with Gasteiger partial charge in [-0.15, -0.1) is 16.4 Å². The van der Waals surface area contributed by atoms with Crippen LogP contribution in [0, 0.1) is 0 Å². The molecule has 0 fully saturated rings. The Labute approximate surface area is 483 Å². The average molecular weight is 1010 g/mol. The van der Waals surface area contributed by atoms with E-state index in [1.807, 2.05) is 0 Å². The van der Waals surface area contributed by atoms with Crippen LogP contribution >= 0.6 is 0 Å². The number of fused-ring (bicyclic) bond motifs is 8. The molecule has 1 aromatic heterocycles. The van der Waals surface area contributed by atoms with Gasteiger partial charge in [0.1, 0.15) is 113 Å². The van der Waals surface area contributed by atoms with Crippen LogP contribution in [-0.2, 0) is 5.41 Å². The van der Waals surface area contributed by atoms with Crippen LogP contribution in [0.15, 0.2) is 186 Å². The molecule has 366 valence electrons. The second-order valence-electron chi connectivity index (χ2n) is 23.1. The Hall–Kier alpha value is -7.88. The first kappa shape index (κ1) is 51.6. The summed E-state index contributed by atoms with van der Waals surface area (Å²) in [6, 6.07) is 67.4. The summed E-state index contributed by atoms with van der Waals surface area (Å²) in [5, 5.41) is 4.58. The minimum absolute atomic E-state index is 0.554. The maximum Gasteiger partial charge on any atom is 0.143 e. The molecule has 0 bridgehead atoms. The monoisotopic (exact) mass is 1010 g/mol. The standard InChI is InChI=1S/C65H56B13NO/c66-50-46(48-54(70)58(74)60(76)59(75)55(48)71)51(67)53(69)47(52(50)68)49-56(72)61(77)63(62(78)57(49)73)79(35-25-22-32(23-26-35)37-19-11-21-44-45(37)41-28-24-31-12-7-8-17-38(31)64(41)80-44)36-27-29-40-39-18-9-10-20-42(39)65(43(40)30-36,33-13-3-1-4-14-33)34-15-5-2-6-16-34/h1-30H,66-78H2. The third-order valence-corrected chi connectivity index (χ3v) is 19.5. The summed E-state index contributed by atoms with van der Waals surface area (Å²) < 4.78 is 6.70.